The molecule has 2 aliphatic rings. The molecule has 1 atom stereocenters. The van der Waals surface area contributed by atoms with E-state index >= 15 is 0 Å². The Morgan fingerprint density at radius 2 is 2.15 bits per heavy atom. The highest BCUT2D eigenvalue weighted by Crippen LogP contribution is 2.28. The zero-order valence-corrected chi connectivity index (χ0v) is 15.8. The maximum Gasteiger partial charge on any atom is 0.272 e. The molecule has 144 valence electrons. The largest absolute Gasteiger partial charge is 0.338 e. The van der Waals surface area contributed by atoms with Crippen molar-refractivity contribution >= 4 is 5.91 Å². The van der Waals surface area contributed by atoms with E-state index in [0.717, 1.165) is 57.7 Å². The summed E-state index contributed by atoms with van der Waals surface area (Å²) in [6.07, 6.45) is 5.95. The second-order valence-electron chi connectivity index (χ2n) is 7.46. The lowest BCUT2D eigenvalue weighted by Gasteiger charge is -2.32. The Morgan fingerprint density at radius 1 is 1.26 bits per heavy atom. The van der Waals surface area contributed by atoms with Crippen LogP contribution in [0, 0.1) is 5.82 Å². The van der Waals surface area contributed by atoms with Crippen LogP contribution in [-0.2, 0) is 13.1 Å². The predicted molar refractivity (Wildman–Crippen MR) is 99.9 cm³/mol. The average molecular weight is 371 g/mol. The van der Waals surface area contributed by atoms with Gasteiger partial charge >= 0.3 is 0 Å². The van der Waals surface area contributed by atoms with E-state index in [1.807, 2.05) is 22.6 Å². The van der Waals surface area contributed by atoms with Crippen LogP contribution >= 0.6 is 0 Å². The van der Waals surface area contributed by atoms with Gasteiger partial charge in [-0.3, -0.25) is 19.4 Å². The molecule has 4 rings (SSSR count). The van der Waals surface area contributed by atoms with Crippen molar-refractivity contribution in [1.82, 2.24) is 24.6 Å². The van der Waals surface area contributed by atoms with Gasteiger partial charge in [-0.05, 0) is 44.9 Å². The fourth-order valence-electron chi connectivity index (χ4n) is 4.17. The number of carbonyl (C=O) groups is 1. The summed E-state index contributed by atoms with van der Waals surface area (Å²) in [4.78, 5) is 20.7. The number of likely N-dealkylation sites (tertiary alicyclic amines) is 1. The lowest BCUT2D eigenvalue weighted by atomic mass is 9.94. The normalized spacial score (nSPS) is 21.2. The van der Waals surface area contributed by atoms with Gasteiger partial charge < -0.3 is 4.90 Å². The second-order valence-corrected chi connectivity index (χ2v) is 7.46. The number of nitrogens with zero attached hydrogens (tertiary/aromatic N) is 5. The van der Waals surface area contributed by atoms with Gasteiger partial charge in [0.15, 0.2) is 0 Å². The highest BCUT2D eigenvalue weighted by molar-refractivity contribution is 5.93. The van der Waals surface area contributed by atoms with Crippen molar-refractivity contribution < 1.29 is 9.18 Å². The zero-order valence-electron chi connectivity index (χ0n) is 15.8. The van der Waals surface area contributed by atoms with E-state index in [9.17, 15) is 9.18 Å². The SMILES string of the molecule is CCN1CCCn2nc(C3CCCN(Cc4ccncc4F)C3)cc2C1=O. The number of hydrogen-bond donors (Lipinski definition) is 0. The topological polar surface area (TPSA) is 54.3 Å². The Balaban J connectivity index is 1.50. The molecular weight excluding hydrogens is 345 g/mol. The van der Waals surface area contributed by atoms with Crippen LogP contribution in [0.1, 0.15) is 53.8 Å². The summed E-state index contributed by atoms with van der Waals surface area (Å²) in [5.74, 6) is 0.116. The molecule has 1 amide bonds. The van der Waals surface area contributed by atoms with Gasteiger partial charge in [0, 0.05) is 50.4 Å². The third-order valence-corrected chi connectivity index (χ3v) is 5.66. The molecule has 27 heavy (non-hydrogen) atoms. The molecule has 0 aliphatic carbocycles. The van der Waals surface area contributed by atoms with Crippen molar-refractivity contribution in [2.24, 2.45) is 0 Å². The number of piperidine rings is 1. The number of pyridine rings is 1. The predicted octanol–water partition coefficient (Wildman–Crippen LogP) is 2.66. The molecule has 0 spiro atoms. The van der Waals surface area contributed by atoms with Gasteiger partial charge in [0.1, 0.15) is 11.5 Å². The minimum absolute atomic E-state index is 0.0836. The van der Waals surface area contributed by atoms with Gasteiger partial charge in [-0.15, -0.1) is 0 Å². The third kappa shape index (κ3) is 3.74. The van der Waals surface area contributed by atoms with E-state index in [1.165, 1.54) is 6.20 Å². The van der Waals surface area contributed by atoms with Crippen LogP contribution in [0.4, 0.5) is 4.39 Å². The minimum atomic E-state index is -0.251. The first-order valence-corrected chi connectivity index (χ1v) is 9.83. The molecule has 2 aliphatic heterocycles. The first-order valence-electron chi connectivity index (χ1n) is 9.83. The Morgan fingerprint density at radius 3 is 2.96 bits per heavy atom. The lowest BCUT2D eigenvalue weighted by molar-refractivity contribution is 0.0766. The van der Waals surface area contributed by atoms with Gasteiger partial charge in [0.05, 0.1) is 11.9 Å². The van der Waals surface area contributed by atoms with Crippen molar-refractivity contribution in [2.75, 3.05) is 26.2 Å². The number of halogens is 1. The second kappa shape index (κ2) is 7.76. The van der Waals surface area contributed by atoms with E-state index in [-0.39, 0.29) is 17.6 Å². The van der Waals surface area contributed by atoms with Crippen LogP contribution in [0.2, 0.25) is 0 Å². The number of aromatic nitrogens is 3. The summed E-state index contributed by atoms with van der Waals surface area (Å²) in [6, 6.07) is 3.73. The third-order valence-electron chi connectivity index (χ3n) is 5.66. The van der Waals surface area contributed by atoms with E-state index < -0.39 is 0 Å². The summed E-state index contributed by atoms with van der Waals surface area (Å²) >= 11 is 0. The molecule has 1 unspecified atom stereocenters. The number of fused-ring (bicyclic) bond motifs is 1. The smallest absolute Gasteiger partial charge is 0.272 e. The molecule has 0 aromatic carbocycles. The van der Waals surface area contributed by atoms with Crippen LogP contribution in [0.5, 0.6) is 0 Å². The molecule has 0 radical (unpaired) electrons. The molecule has 0 N–H and O–H groups in total. The molecule has 1 saturated heterocycles. The van der Waals surface area contributed by atoms with E-state index in [0.29, 0.717) is 17.8 Å². The van der Waals surface area contributed by atoms with Crippen LogP contribution in [0.3, 0.4) is 0 Å². The molecular formula is C20H26FN5O. The monoisotopic (exact) mass is 371 g/mol. The Bertz CT molecular complexity index is 820. The van der Waals surface area contributed by atoms with Gasteiger partial charge in [0.25, 0.3) is 5.91 Å². The molecule has 4 heterocycles. The summed E-state index contributed by atoms with van der Waals surface area (Å²) in [7, 11) is 0. The van der Waals surface area contributed by atoms with Gasteiger partial charge in [-0.25, -0.2) is 4.39 Å². The summed E-state index contributed by atoms with van der Waals surface area (Å²) in [6.45, 7) is 6.70. The number of rotatable bonds is 4. The average Bonchev–Trinajstić information content (AvgIpc) is 3.05. The van der Waals surface area contributed by atoms with Gasteiger partial charge in [-0.2, -0.15) is 5.10 Å². The lowest BCUT2D eigenvalue weighted by Crippen LogP contribution is -2.34. The van der Waals surface area contributed by atoms with Crippen molar-refractivity contribution in [1.29, 1.82) is 0 Å². The van der Waals surface area contributed by atoms with Crippen molar-refractivity contribution in [3.63, 3.8) is 0 Å². The van der Waals surface area contributed by atoms with Crippen LogP contribution < -0.4 is 0 Å². The van der Waals surface area contributed by atoms with Crippen LogP contribution in [0.25, 0.3) is 0 Å². The van der Waals surface area contributed by atoms with E-state index in [2.05, 4.69) is 9.88 Å². The van der Waals surface area contributed by atoms with Crippen molar-refractivity contribution in [3.8, 4) is 0 Å². The quantitative estimate of drug-likeness (QED) is 0.829. The minimum Gasteiger partial charge on any atom is -0.338 e. The van der Waals surface area contributed by atoms with Crippen molar-refractivity contribution in [3.05, 3.63) is 47.3 Å². The Labute approximate surface area is 159 Å². The first-order chi connectivity index (χ1) is 13.2. The number of aryl methyl sites for hydroxylation is 1. The maximum absolute atomic E-state index is 13.9. The maximum atomic E-state index is 13.9. The van der Waals surface area contributed by atoms with E-state index in [1.54, 1.807) is 12.3 Å². The summed E-state index contributed by atoms with van der Waals surface area (Å²) in [5.41, 5.74) is 2.39. The van der Waals surface area contributed by atoms with Crippen molar-refractivity contribution in [2.45, 2.75) is 45.2 Å². The zero-order chi connectivity index (χ0) is 18.8. The number of hydrogen-bond acceptors (Lipinski definition) is 4. The molecule has 0 bridgehead atoms. The summed E-state index contributed by atoms with van der Waals surface area (Å²) < 4.78 is 15.8. The van der Waals surface area contributed by atoms with Gasteiger partial charge in [-0.1, -0.05) is 0 Å². The molecule has 6 nitrogen and oxygen atoms in total. The van der Waals surface area contributed by atoms with Crippen LogP contribution in [-0.4, -0.2) is 56.7 Å². The highest BCUT2D eigenvalue weighted by Gasteiger charge is 2.28. The standard InChI is InChI=1S/C20H26FN5O/c1-2-25-9-4-10-26-19(20(25)27)11-18(23-26)16-5-3-8-24(14-16)13-15-6-7-22-12-17(15)21/h6-7,11-12,16H,2-5,8-10,13-14H2,1H3. The summed E-state index contributed by atoms with van der Waals surface area (Å²) in [5, 5.41) is 4.77. The molecule has 1 fully saturated rings. The number of amides is 1. The molecule has 2 aromatic heterocycles. The van der Waals surface area contributed by atoms with Gasteiger partial charge in [0.2, 0.25) is 0 Å². The molecule has 0 saturated carbocycles. The van der Waals surface area contributed by atoms with E-state index in [4.69, 9.17) is 5.10 Å². The first kappa shape index (κ1) is 18.1. The Kier molecular flexibility index (Phi) is 5.20. The number of carbonyl (C=O) groups excluding carboxylic acids is 1. The highest BCUT2D eigenvalue weighted by atomic mass is 19.1. The molecule has 2 aromatic rings. The Hall–Kier alpha value is -2.28. The fraction of sp³-hybridized carbons (Fsp3) is 0.550. The molecule has 7 heteroatoms. The fourth-order valence-corrected chi connectivity index (χ4v) is 4.17. The van der Waals surface area contributed by atoms with Crippen LogP contribution in [0.15, 0.2) is 24.5 Å².